The first kappa shape index (κ1) is 11.2. The van der Waals surface area contributed by atoms with Gasteiger partial charge in [-0.1, -0.05) is 36.3 Å². The lowest BCUT2D eigenvalue weighted by Crippen LogP contribution is -2.48. The van der Waals surface area contributed by atoms with E-state index in [4.69, 9.17) is 16.9 Å². The molecule has 84 valence electrons. The molecule has 1 atom stereocenters. The van der Waals surface area contributed by atoms with E-state index >= 15 is 0 Å². The van der Waals surface area contributed by atoms with Crippen molar-refractivity contribution in [1.82, 2.24) is 0 Å². The van der Waals surface area contributed by atoms with Crippen LogP contribution in [0.3, 0.4) is 0 Å². The maximum absolute atomic E-state index is 6.12. The van der Waals surface area contributed by atoms with E-state index in [1.165, 1.54) is 5.56 Å². The average Bonchev–Trinajstić information content (AvgIpc) is 2.39. The summed E-state index contributed by atoms with van der Waals surface area (Å²) in [7, 11) is 0. The molecule has 0 saturated carbocycles. The van der Waals surface area contributed by atoms with Gasteiger partial charge < -0.3 is 10.5 Å². The van der Waals surface area contributed by atoms with Gasteiger partial charge in [0.25, 0.3) is 0 Å². The highest BCUT2D eigenvalue weighted by Gasteiger charge is 2.39. The molecule has 0 aromatic heterocycles. The molecule has 2 N–H and O–H groups in total. The molecule has 1 aliphatic rings. The van der Waals surface area contributed by atoms with E-state index in [1.807, 2.05) is 18.2 Å². The van der Waals surface area contributed by atoms with Crippen molar-refractivity contribution >= 4 is 0 Å². The molecule has 2 rings (SSSR count). The molecule has 1 heterocycles. The molecular weight excluding hydrogens is 198 g/mol. The lowest BCUT2D eigenvalue weighted by molar-refractivity contribution is 0.0464. The number of hydrogen-bond donors (Lipinski definition) is 1. The first-order chi connectivity index (χ1) is 7.79. The quantitative estimate of drug-likeness (QED) is 0.762. The van der Waals surface area contributed by atoms with Gasteiger partial charge in [-0.15, -0.1) is 6.42 Å². The Morgan fingerprint density at radius 3 is 2.44 bits per heavy atom. The Balaban J connectivity index is 2.38. The van der Waals surface area contributed by atoms with Crippen LogP contribution < -0.4 is 5.73 Å². The molecule has 0 bridgehead atoms. The summed E-state index contributed by atoms with van der Waals surface area (Å²) in [5, 5.41) is 0. The SMILES string of the molecule is C#CC(N)C1(c2ccccc2)CCOCC1. The first-order valence-corrected chi connectivity index (χ1v) is 5.64. The topological polar surface area (TPSA) is 35.2 Å². The molecule has 2 heteroatoms. The van der Waals surface area contributed by atoms with E-state index in [2.05, 4.69) is 18.1 Å². The summed E-state index contributed by atoms with van der Waals surface area (Å²) in [5.74, 6) is 2.70. The smallest absolute Gasteiger partial charge is 0.0761 e. The van der Waals surface area contributed by atoms with Crippen LogP contribution in [-0.4, -0.2) is 19.3 Å². The first-order valence-electron chi connectivity index (χ1n) is 5.64. The minimum absolute atomic E-state index is 0.103. The minimum Gasteiger partial charge on any atom is -0.381 e. The second-order valence-corrected chi connectivity index (χ2v) is 4.28. The summed E-state index contributed by atoms with van der Waals surface area (Å²) in [6, 6.07) is 10.1. The summed E-state index contributed by atoms with van der Waals surface area (Å²) in [6.07, 6.45) is 7.32. The van der Waals surface area contributed by atoms with Crippen molar-refractivity contribution in [3.63, 3.8) is 0 Å². The second kappa shape index (κ2) is 4.69. The van der Waals surface area contributed by atoms with Gasteiger partial charge in [0.15, 0.2) is 0 Å². The molecule has 1 aromatic rings. The Labute approximate surface area is 96.8 Å². The second-order valence-electron chi connectivity index (χ2n) is 4.28. The molecule has 16 heavy (non-hydrogen) atoms. The molecule has 1 aromatic carbocycles. The number of nitrogens with two attached hydrogens (primary N) is 1. The van der Waals surface area contributed by atoms with E-state index in [9.17, 15) is 0 Å². The van der Waals surface area contributed by atoms with E-state index < -0.39 is 0 Å². The van der Waals surface area contributed by atoms with Gasteiger partial charge in [-0.05, 0) is 18.4 Å². The highest BCUT2D eigenvalue weighted by Crippen LogP contribution is 2.36. The van der Waals surface area contributed by atoms with Crippen LogP contribution in [-0.2, 0) is 10.2 Å². The Hall–Kier alpha value is -1.30. The van der Waals surface area contributed by atoms with Crippen molar-refractivity contribution in [2.24, 2.45) is 5.73 Å². The van der Waals surface area contributed by atoms with Crippen LogP contribution in [0.25, 0.3) is 0 Å². The van der Waals surface area contributed by atoms with Crippen molar-refractivity contribution in [2.45, 2.75) is 24.3 Å². The summed E-state index contributed by atoms with van der Waals surface area (Å²) >= 11 is 0. The van der Waals surface area contributed by atoms with Gasteiger partial charge in [0, 0.05) is 18.6 Å². The van der Waals surface area contributed by atoms with Crippen LogP contribution in [0.1, 0.15) is 18.4 Å². The van der Waals surface area contributed by atoms with Gasteiger partial charge in [0.05, 0.1) is 6.04 Å². The molecule has 2 nitrogen and oxygen atoms in total. The third-order valence-corrected chi connectivity index (χ3v) is 3.51. The maximum atomic E-state index is 6.12. The zero-order chi connectivity index (χ0) is 11.4. The molecule has 1 saturated heterocycles. The third kappa shape index (κ3) is 1.84. The Bertz CT molecular complexity index is 373. The van der Waals surface area contributed by atoms with E-state index in [-0.39, 0.29) is 11.5 Å². The number of ether oxygens (including phenoxy) is 1. The molecule has 1 unspecified atom stereocenters. The summed E-state index contributed by atoms with van der Waals surface area (Å²) < 4.78 is 5.42. The van der Waals surface area contributed by atoms with Gasteiger partial charge in [-0.2, -0.15) is 0 Å². The van der Waals surface area contributed by atoms with Gasteiger partial charge in [-0.3, -0.25) is 0 Å². The molecule has 1 aliphatic heterocycles. The Kier molecular flexibility index (Phi) is 3.28. The zero-order valence-corrected chi connectivity index (χ0v) is 9.36. The maximum Gasteiger partial charge on any atom is 0.0761 e. The predicted octanol–water partition coefficient (Wildman–Crippen LogP) is 1.70. The van der Waals surface area contributed by atoms with Crippen molar-refractivity contribution in [2.75, 3.05) is 13.2 Å². The van der Waals surface area contributed by atoms with Crippen molar-refractivity contribution in [3.8, 4) is 12.3 Å². The fraction of sp³-hybridized carbons (Fsp3) is 0.429. The van der Waals surface area contributed by atoms with E-state index in [0.717, 1.165) is 26.1 Å². The predicted molar refractivity (Wildman–Crippen MR) is 65.0 cm³/mol. The van der Waals surface area contributed by atoms with Crippen LogP contribution in [0, 0.1) is 12.3 Å². The molecule has 0 aliphatic carbocycles. The highest BCUT2D eigenvalue weighted by atomic mass is 16.5. The normalized spacial score (nSPS) is 21.0. The molecule has 1 fully saturated rings. The molecular formula is C14H17NO. The fourth-order valence-corrected chi connectivity index (χ4v) is 2.44. The third-order valence-electron chi connectivity index (χ3n) is 3.51. The van der Waals surface area contributed by atoms with Crippen molar-refractivity contribution in [3.05, 3.63) is 35.9 Å². The van der Waals surface area contributed by atoms with Crippen LogP contribution in [0.15, 0.2) is 30.3 Å². The summed E-state index contributed by atoms with van der Waals surface area (Å²) in [4.78, 5) is 0. The van der Waals surface area contributed by atoms with Crippen LogP contribution >= 0.6 is 0 Å². The summed E-state index contributed by atoms with van der Waals surface area (Å²) in [5.41, 5.74) is 7.26. The van der Waals surface area contributed by atoms with Gasteiger partial charge >= 0.3 is 0 Å². The number of benzene rings is 1. The fourth-order valence-electron chi connectivity index (χ4n) is 2.44. The van der Waals surface area contributed by atoms with E-state index in [1.54, 1.807) is 0 Å². The minimum atomic E-state index is -0.237. The van der Waals surface area contributed by atoms with Gasteiger partial charge in [0.2, 0.25) is 0 Å². The lowest BCUT2D eigenvalue weighted by Gasteiger charge is -2.40. The molecule has 0 spiro atoms. The highest BCUT2D eigenvalue weighted by molar-refractivity contribution is 5.31. The number of terminal acetylenes is 1. The monoisotopic (exact) mass is 215 g/mol. The van der Waals surface area contributed by atoms with Gasteiger partial charge in [0.1, 0.15) is 0 Å². The van der Waals surface area contributed by atoms with Crippen LogP contribution in [0.2, 0.25) is 0 Å². The molecule has 0 radical (unpaired) electrons. The van der Waals surface area contributed by atoms with Crippen LogP contribution in [0.4, 0.5) is 0 Å². The Morgan fingerprint density at radius 2 is 1.88 bits per heavy atom. The standard InChI is InChI=1S/C14H17NO/c1-2-13(15)14(8-10-16-11-9-14)12-6-4-3-5-7-12/h1,3-7,13H,8-11,15H2. The molecule has 0 amide bonds. The lowest BCUT2D eigenvalue weighted by atomic mass is 9.69. The van der Waals surface area contributed by atoms with Gasteiger partial charge in [-0.25, -0.2) is 0 Å². The zero-order valence-electron chi connectivity index (χ0n) is 9.36. The number of hydrogen-bond acceptors (Lipinski definition) is 2. The largest absolute Gasteiger partial charge is 0.381 e. The average molecular weight is 215 g/mol. The van der Waals surface area contributed by atoms with Crippen molar-refractivity contribution in [1.29, 1.82) is 0 Å². The summed E-state index contributed by atoms with van der Waals surface area (Å²) in [6.45, 7) is 1.48. The van der Waals surface area contributed by atoms with Crippen LogP contribution in [0.5, 0.6) is 0 Å². The number of rotatable bonds is 2. The van der Waals surface area contributed by atoms with Crippen molar-refractivity contribution < 1.29 is 4.74 Å². The van der Waals surface area contributed by atoms with E-state index in [0.29, 0.717) is 0 Å². The Morgan fingerprint density at radius 1 is 1.25 bits per heavy atom.